The van der Waals surface area contributed by atoms with Crippen LogP contribution in [0.5, 0.6) is 0 Å². The number of aryl methyl sites for hydroxylation is 1. The third-order valence-corrected chi connectivity index (χ3v) is 3.93. The quantitative estimate of drug-likeness (QED) is 0.894. The number of aromatic nitrogens is 3. The molecule has 0 saturated carbocycles. The lowest BCUT2D eigenvalue weighted by Gasteiger charge is -2.10. The topological polar surface area (TPSA) is 50.7 Å². The summed E-state index contributed by atoms with van der Waals surface area (Å²) in [5.74, 6) is 1.39. The van der Waals surface area contributed by atoms with E-state index in [2.05, 4.69) is 59.1 Å². The summed E-state index contributed by atoms with van der Waals surface area (Å²) >= 11 is 6.98. The van der Waals surface area contributed by atoms with Crippen LogP contribution in [0.1, 0.15) is 12.6 Å². The van der Waals surface area contributed by atoms with Crippen LogP contribution >= 0.6 is 31.9 Å². The Morgan fingerprint density at radius 2 is 2.06 bits per heavy atom. The molecule has 0 aliphatic carbocycles. The van der Waals surface area contributed by atoms with Crippen LogP contribution in [0.3, 0.4) is 0 Å². The van der Waals surface area contributed by atoms with Crippen LogP contribution < -0.4 is 5.32 Å². The minimum absolute atomic E-state index is 0.617. The molecule has 2 heterocycles. The van der Waals surface area contributed by atoms with E-state index in [0.29, 0.717) is 5.82 Å². The first kappa shape index (κ1) is 13.4. The Hall–Kier alpha value is -1.01. The Bertz CT molecular complexity index is 547. The molecule has 0 radical (unpaired) electrons. The van der Waals surface area contributed by atoms with Gasteiger partial charge in [0.1, 0.15) is 11.5 Å². The zero-order valence-electron chi connectivity index (χ0n) is 10.0. The van der Waals surface area contributed by atoms with E-state index in [0.717, 1.165) is 32.6 Å². The molecule has 2 aromatic rings. The van der Waals surface area contributed by atoms with Crippen molar-refractivity contribution in [1.82, 2.24) is 15.0 Å². The Kier molecular flexibility index (Phi) is 4.29. The first-order valence-electron chi connectivity index (χ1n) is 5.52. The maximum absolute atomic E-state index is 4.54. The molecular formula is C12H12Br2N4. The smallest absolute Gasteiger partial charge is 0.181 e. The van der Waals surface area contributed by atoms with Crippen LogP contribution in [0.15, 0.2) is 27.3 Å². The second kappa shape index (κ2) is 5.75. The van der Waals surface area contributed by atoms with Crippen molar-refractivity contribution in [3.8, 4) is 11.5 Å². The summed E-state index contributed by atoms with van der Waals surface area (Å²) in [5.41, 5.74) is 1.71. The van der Waals surface area contributed by atoms with Gasteiger partial charge in [0.15, 0.2) is 5.82 Å². The third-order valence-electron chi connectivity index (χ3n) is 2.46. The van der Waals surface area contributed by atoms with Gasteiger partial charge < -0.3 is 5.32 Å². The molecule has 0 amide bonds. The van der Waals surface area contributed by atoms with Gasteiger partial charge in [0.25, 0.3) is 0 Å². The number of rotatable bonds is 3. The van der Waals surface area contributed by atoms with Crippen molar-refractivity contribution in [1.29, 1.82) is 0 Å². The average Bonchev–Trinajstić information content (AvgIpc) is 2.40. The van der Waals surface area contributed by atoms with Crippen LogP contribution in [0.25, 0.3) is 11.5 Å². The number of hydrogen-bond acceptors (Lipinski definition) is 4. The largest absolute Gasteiger partial charge is 0.372 e. The Morgan fingerprint density at radius 3 is 2.67 bits per heavy atom. The monoisotopic (exact) mass is 370 g/mol. The molecule has 0 aromatic carbocycles. The highest BCUT2D eigenvalue weighted by Gasteiger charge is 2.14. The van der Waals surface area contributed by atoms with Crippen molar-refractivity contribution in [3.05, 3.63) is 33.0 Å². The van der Waals surface area contributed by atoms with E-state index in [1.165, 1.54) is 0 Å². The van der Waals surface area contributed by atoms with Gasteiger partial charge in [-0.05, 0) is 50.4 Å². The van der Waals surface area contributed by atoms with E-state index >= 15 is 0 Å². The second-order valence-electron chi connectivity index (χ2n) is 3.59. The number of pyridine rings is 1. The fourth-order valence-electron chi connectivity index (χ4n) is 1.55. The predicted molar refractivity (Wildman–Crippen MR) is 79.6 cm³/mol. The van der Waals surface area contributed by atoms with Crippen LogP contribution in [-0.4, -0.2) is 22.0 Å². The molecule has 0 aliphatic heterocycles. The minimum Gasteiger partial charge on any atom is -0.372 e. The highest BCUT2D eigenvalue weighted by molar-refractivity contribution is 9.11. The molecule has 94 valence electrons. The van der Waals surface area contributed by atoms with E-state index < -0.39 is 0 Å². The molecule has 2 rings (SSSR count). The Balaban J connectivity index is 2.62. The predicted octanol–water partition coefficient (Wildman–Crippen LogP) is 3.67. The number of nitrogens with zero attached hydrogens (tertiary/aromatic N) is 3. The molecule has 0 bridgehead atoms. The summed E-state index contributed by atoms with van der Waals surface area (Å²) in [5, 5.41) is 3.06. The lowest BCUT2D eigenvalue weighted by atomic mass is 10.3. The summed E-state index contributed by atoms with van der Waals surface area (Å²) in [4.78, 5) is 13.3. The first-order valence-corrected chi connectivity index (χ1v) is 7.11. The second-order valence-corrected chi connectivity index (χ2v) is 5.24. The van der Waals surface area contributed by atoms with Crippen molar-refractivity contribution >= 4 is 37.7 Å². The van der Waals surface area contributed by atoms with Gasteiger partial charge in [-0.15, -0.1) is 0 Å². The molecule has 1 N–H and O–H groups in total. The molecule has 0 atom stereocenters. The summed E-state index contributed by atoms with van der Waals surface area (Å²) in [6.07, 6.45) is 2.56. The van der Waals surface area contributed by atoms with E-state index in [4.69, 9.17) is 0 Å². The van der Waals surface area contributed by atoms with E-state index in [9.17, 15) is 0 Å². The van der Waals surface area contributed by atoms with Crippen LogP contribution in [0.4, 0.5) is 5.82 Å². The summed E-state index contributed by atoms with van der Waals surface area (Å²) < 4.78 is 1.79. The maximum atomic E-state index is 4.54. The average molecular weight is 372 g/mol. The first-order chi connectivity index (χ1) is 8.67. The van der Waals surface area contributed by atoms with Crippen molar-refractivity contribution < 1.29 is 0 Å². The fraction of sp³-hybridized carbons (Fsp3) is 0.250. The van der Waals surface area contributed by atoms with Gasteiger partial charge in [0.2, 0.25) is 0 Å². The molecule has 6 heteroatoms. The van der Waals surface area contributed by atoms with Crippen molar-refractivity contribution in [2.24, 2.45) is 0 Å². The normalized spacial score (nSPS) is 10.4. The van der Waals surface area contributed by atoms with Gasteiger partial charge in [-0.3, -0.25) is 4.98 Å². The number of nitrogens with one attached hydrogen (secondary N) is 1. The third kappa shape index (κ3) is 2.54. The van der Waals surface area contributed by atoms with Gasteiger partial charge >= 0.3 is 0 Å². The van der Waals surface area contributed by atoms with E-state index in [1.807, 2.05) is 19.2 Å². The summed E-state index contributed by atoms with van der Waals surface area (Å²) in [6, 6.07) is 3.80. The van der Waals surface area contributed by atoms with Gasteiger partial charge in [-0.2, -0.15) is 0 Å². The molecule has 0 aliphatic rings. The number of anilines is 1. The minimum atomic E-state index is 0.617. The van der Waals surface area contributed by atoms with Crippen molar-refractivity contribution in [2.75, 3.05) is 12.4 Å². The van der Waals surface area contributed by atoms with Gasteiger partial charge in [-0.1, -0.05) is 6.92 Å². The van der Waals surface area contributed by atoms with E-state index in [-0.39, 0.29) is 0 Å². The number of hydrogen-bond donors (Lipinski definition) is 1. The molecule has 2 aromatic heterocycles. The SMILES string of the molecule is CCc1nc(-c2ncccc2Br)nc(NC)c1Br. The zero-order valence-corrected chi connectivity index (χ0v) is 13.2. The molecule has 0 unspecified atom stereocenters. The highest BCUT2D eigenvalue weighted by Crippen LogP contribution is 2.29. The Labute approximate surface area is 123 Å². The van der Waals surface area contributed by atoms with Gasteiger partial charge in [0.05, 0.1) is 10.2 Å². The van der Waals surface area contributed by atoms with Crippen LogP contribution in [0, 0.1) is 0 Å². The lowest BCUT2D eigenvalue weighted by Crippen LogP contribution is -2.03. The zero-order chi connectivity index (χ0) is 13.1. The van der Waals surface area contributed by atoms with Crippen molar-refractivity contribution in [3.63, 3.8) is 0 Å². The molecule has 0 spiro atoms. The summed E-state index contributed by atoms with van der Waals surface area (Å²) in [6.45, 7) is 2.06. The molecule has 4 nitrogen and oxygen atoms in total. The van der Waals surface area contributed by atoms with Crippen LogP contribution in [0.2, 0.25) is 0 Å². The number of halogens is 2. The lowest BCUT2D eigenvalue weighted by molar-refractivity contribution is 0.983. The molecule has 0 saturated heterocycles. The highest BCUT2D eigenvalue weighted by atomic mass is 79.9. The molecule has 18 heavy (non-hydrogen) atoms. The van der Waals surface area contributed by atoms with Gasteiger partial charge in [0, 0.05) is 17.7 Å². The van der Waals surface area contributed by atoms with Gasteiger partial charge in [-0.25, -0.2) is 9.97 Å². The van der Waals surface area contributed by atoms with Crippen LogP contribution in [-0.2, 0) is 6.42 Å². The molecular weight excluding hydrogens is 360 g/mol. The van der Waals surface area contributed by atoms with Crippen molar-refractivity contribution in [2.45, 2.75) is 13.3 Å². The molecule has 0 fully saturated rings. The summed E-state index contributed by atoms with van der Waals surface area (Å²) in [7, 11) is 1.84. The standard InChI is InChI=1S/C12H12Br2N4/c1-3-8-9(14)11(15-2)18-12(17-8)10-7(13)5-4-6-16-10/h4-6H,3H2,1-2H3,(H,15,17,18). The van der Waals surface area contributed by atoms with E-state index in [1.54, 1.807) is 6.20 Å². The Morgan fingerprint density at radius 1 is 1.28 bits per heavy atom. The maximum Gasteiger partial charge on any atom is 0.181 e. The fourth-order valence-corrected chi connectivity index (χ4v) is 2.64.